The molecule has 2 aromatic carbocycles. The third-order valence-electron chi connectivity index (χ3n) is 4.68. The number of fused-ring (bicyclic) bond motifs is 1. The number of likely N-dealkylation sites (N-methyl/N-ethyl adjacent to an activating group) is 1. The molecule has 1 N–H and O–H groups in total. The van der Waals surface area contributed by atoms with E-state index in [2.05, 4.69) is 0 Å². The molecule has 3 aromatic rings. The number of carbonyl (C=O) groups excluding carboxylic acids is 1. The lowest BCUT2D eigenvalue weighted by atomic mass is 10.1. The summed E-state index contributed by atoms with van der Waals surface area (Å²) in [5.74, 6) is -0.0505. The van der Waals surface area contributed by atoms with E-state index in [1.54, 1.807) is 4.90 Å². The second-order valence-electron chi connectivity index (χ2n) is 6.44. The standard InChI is InChI=1S/C21H24N2O2/c1-4-23(14-20(24)16-10-8-15(2)9-11-16)21(25)18-6-5-7-19-17(18)12-13-22(19)3/h5-13,20,24H,4,14H2,1-3H3. The van der Waals surface area contributed by atoms with Crippen LogP contribution in [-0.4, -0.2) is 33.6 Å². The molecule has 130 valence electrons. The van der Waals surface area contributed by atoms with Gasteiger partial charge in [-0.25, -0.2) is 0 Å². The molecule has 0 aliphatic heterocycles. The van der Waals surface area contributed by atoms with Crippen molar-refractivity contribution in [2.24, 2.45) is 7.05 Å². The van der Waals surface area contributed by atoms with Crippen LogP contribution in [0.15, 0.2) is 54.7 Å². The van der Waals surface area contributed by atoms with Crippen molar-refractivity contribution in [2.75, 3.05) is 13.1 Å². The summed E-state index contributed by atoms with van der Waals surface area (Å²) in [7, 11) is 1.97. The van der Waals surface area contributed by atoms with Crippen LogP contribution in [0.25, 0.3) is 10.9 Å². The Balaban J connectivity index is 1.84. The van der Waals surface area contributed by atoms with Gasteiger partial charge in [-0.05, 0) is 37.6 Å². The number of nitrogens with zero attached hydrogens (tertiary/aromatic N) is 2. The van der Waals surface area contributed by atoms with Crippen molar-refractivity contribution in [3.05, 3.63) is 71.4 Å². The van der Waals surface area contributed by atoms with Crippen LogP contribution in [-0.2, 0) is 7.05 Å². The molecule has 1 heterocycles. The van der Waals surface area contributed by atoms with Gasteiger partial charge in [0.15, 0.2) is 0 Å². The van der Waals surface area contributed by atoms with Gasteiger partial charge < -0.3 is 14.6 Å². The molecular weight excluding hydrogens is 312 g/mol. The van der Waals surface area contributed by atoms with Crippen molar-refractivity contribution in [1.29, 1.82) is 0 Å². The number of aromatic nitrogens is 1. The largest absolute Gasteiger partial charge is 0.387 e. The predicted octanol–water partition coefficient (Wildman–Crippen LogP) is 3.68. The van der Waals surface area contributed by atoms with E-state index in [4.69, 9.17) is 0 Å². The van der Waals surface area contributed by atoms with Crippen molar-refractivity contribution in [3.63, 3.8) is 0 Å². The van der Waals surface area contributed by atoms with Crippen molar-refractivity contribution in [2.45, 2.75) is 20.0 Å². The first-order valence-electron chi connectivity index (χ1n) is 8.59. The number of hydrogen-bond donors (Lipinski definition) is 1. The number of benzene rings is 2. The van der Waals surface area contributed by atoms with E-state index in [9.17, 15) is 9.90 Å². The highest BCUT2D eigenvalue weighted by Crippen LogP contribution is 2.22. The average molecular weight is 336 g/mol. The van der Waals surface area contributed by atoms with E-state index in [-0.39, 0.29) is 12.5 Å². The molecule has 0 aliphatic rings. The summed E-state index contributed by atoms with van der Waals surface area (Å²) in [4.78, 5) is 14.7. The molecule has 1 atom stereocenters. The van der Waals surface area contributed by atoms with Crippen LogP contribution >= 0.6 is 0 Å². The van der Waals surface area contributed by atoms with Crippen molar-refractivity contribution in [3.8, 4) is 0 Å². The van der Waals surface area contributed by atoms with E-state index < -0.39 is 6.10 Å². The average Bonchev–Trinajstić information content (AvgIpc) is 3.01. The molecule has 3 rings (SSSR count). The van der Waals surface area contributed by atoms with Crippen LogP contribution < -0.4 is 0 Å². The van der Waals surface area contributed by atoms with Gasteiger partial charge in [0, 0.05) is 36.3 Å². The minimum absolute atomic E-state index is 0.0505. The number of amides is 1. The van der Waals surface area contributed by atoms with Crippen LogP contribution in [0.2, 0.25) is 0 Å². The summed E-state index contributed by atoms with van der Waals surface area (Å²) in [6, 6.07) is 15.5. The predicted molar refractivity (Wildman–Crippen MR) is 101 cm³/mol. The van der Waals surface area contributed by atoms with E-state index in [1.807, 2.05) is 80.2 Å². The van der Waals surface area contributed by atoms with Crippen LogP contribution in [0.1, 0.15) is 34.5 Å². The van der Waals surface area contributed by atoms with E-state index >= 15 is 0 Å². The van der Waals surface area contributed by atoms with Gasteiger partial charge in [-0.2, -0.15) is 0 Å². The fraction of sp³-hybridized carbons (Fsp3) is 0.286. The first kappa shape index (κ1) is 17.2. The van der Waals surface area contributed by atoms with Gasteiger partial charge in [-0.15, -0.1) is 0 Å². The van der Waals surface area contributed by atoms with Gasteiger partial charge >= 0.3 is 0 Å². The molecule has 0 spiro atoms. The van der Waals surface area contributed by atoms with E-state index in [1.165, 1.54) is 0 Å². The van der Waals surface area contributed by atoms with E-state index in [0.29, 0.717) is 12.1 Å². The third kappa shape index (κ3) is 3.44. The van der Waals surface area contributed by atoms with Crippen LogP contribution in [0.5, 0.6) is 0 Å². The monoisotopic (exact) mass is 336 g/mol. The van der Waals surface area contributed by atoms with Crippen LogP contribution in [0.4, 0.5) is 0 Å². The Hall–Kier alpha value is -2.59. The third-order valence-corrected chi connectivity index (χ3v) is 4.68. The Kier molecular flexibility index (Phi) is 4.91. The number of aryl methyl sites for hydroxylation is 2. The Bertz CT molecular complexity index is 881. The first-order chi connectivity index (χ1) is 12.0. The first-order valence-corrected chi connectivity index (χ1v) is 8.59. The summed E-state index contributed by atoms with van der Waals surface area (Å²) in [5.41, 5.74) is 3.68. The molecule has 1 unspecified atom stereocenters. The molecule has 0 radical (unpaired) electrons. The number of carbonyl (C=O) groups is 1. The van der Waals surface area contributed by atoms with Gasteiger partial charge in [0.25, 0.3) is 5.91 Å². The topological polar surface area (TPSA) is 45.5 Å². The lowest BCUT2D eigenvalue weighted by molar-refractivity contribution is 0.0637. The summed E-state index contributed by atoms with van der Waals surface area (Å²) >= 11 is 0. The van der Waals surface area contributed by atoms with Crippen molar-refractivity contribution in [1.82, 2.24) is 9.47 Å². The molecule has 0 saturated carbocycles. The van der Waals surface area contributed by atoms with Gasteiger partial charge in [0.05, 0.1) is 12.6 Å². The molecule has 4 nitrogen and oxygen atoms in total. The molecule has 0 saturated heterocycles. The Morgan fingerprint density at radius 2 is 1.88 bits per heavy atom. The fourth-order valence-electron chi connectivity index (χ4n) is 3.12. The Labute approximate surface area is 148 Å². The highest BCUT2D eigenvalue weighted by Gasteiger charge is 2.21. The zero-order chi connectivity index (χ0) is 18.0. The zero-order valence-corrected chi connectivity index (χ0v) is 14.9. The van der Waals surface area contributed by atoms with E-state index in [0.717, 1.165) is 22.0 Å². The molecule has 1 amide bonds. The maximum Gasteiger partial charge on any atom is 0.254 e. The number of aliphatic hydroxyl groups excluding tert-OH is 1. The lowest BCUT2D eigenvalue weighted by Crippen LogP contribution is -2.34. The molecule has 0 bridgehead atoms. The molecule has 0 aliphatic carbocycles. The Morgan fingerprint density at radius 3 is 2.56 bits per heavy atom. The summed E-state index contributed by atoms with van der Waals surface area (Å²) in [6.07, 6.45) is 1.26. The number of hydrogen-bond acceptors (Lipinski definition) is 2. The quantitative estimate of drug-likeness (QED) is 0.772. The highest BCUT2D eigenvalue weighted by atomic mass is 16.3. The molecule has 0 fully saturated rings. The maximum atomic E-state index is 13.0. The fourth-order valence-corrected chi connectivity index (χ4v) is 3.12. The van der Waals surface area contributed by atoms with Gasteiger partial charge in [-0.1, -0.05) is 35.9 Å². The molecule has 4 heteroatoms. The van der Waals surface area contributed by atoms with Gasteiger partial charge in [-0.3, -0.25) is 4.79 Å². The minimum Gasteiger partial charge on any atom is -0.387 e. The maximum absolute atomic E-state index is 13.0. The summed E-state index contributed by atoms with van der Waals surface area (Å²) < 4.78 is 2.00. The zero-order valence-electron chi connectivity index (χ0n) is 14.9. The van der Waals surface area contributed by atoms with Crippen LogP contribution in [0, 0.1) is 6.92 Å². The highest BCUT2D eigenvalue weighted by molar-refractivity contribution is 6.06. The second kappa shape index (κ2) is 7.11. The van der Waals surface area contributed by atoms with Gasteiger partial charge in [0.2, 0.25) is 0 Å². The smallest absolute Gasteiger partial charge is 0.254 e. The Morgan fingerprint density at radius 1 is 1.16 bits per heavy atom. The van der Waals surface area contributed by atoms with Crippen LogP contribution in [0.3, 0.4) is 0 Å². The lowest BCUT2D eigenvalue weighted by Gasteiger charge is -2.24. The second-order valence-corrected chi connectivity index (χ2v) is 6.44. The number of rotatable bonds is 5. The normalized spacial score (nSPS) is 12.3. The van der Waals surface area contributed by atoms with Gasteiger partial charge in [0.1, 0.15) is 0 Å². The number of aliphatic hydroxyl groups is 1. The molecular formula is C21H24N2O2. The van der Waals surface area contributed by atoms with Crippen molar-refractivity contribution >= 4 is 16.8 Å². The summed E-state index contributed by atoms with van der Waals surface area (Å²) in [5, 5.41) is 11.5. The SMILES string of the molecule is CCN(CC(O)c1ccc(C)cc1)C(=O)c1cccc2c1ccn2C. The van der Waals surface area contributed by atoms with Crippen molar-refractivity contribution < 1.29 is 9.90 Å². The summed E-state index contributed by atoms with van der Waals surface area (Å²) in [6.45, 7) is 4.77. The minimum atomic E-state index is -0.695. The molecule has 1 aromatic heterocycles. The molecule has 25 heavy (non-hydrogen) atoms.